The van der Waals surface area contributed by atoms with Crippen LogP contribution in [0.25, 0.3) is 0 Å². The fraction of sp³-hybridized carbons (Fsp3) is 0.717. The first kappa shape index (κ1) is 55.2. The number of allylic oxidation sites excluding steroid dienone is 10. The van der Waals surface area contributed by atoms with Crippen LogP contribution in [-0.4, -0.2) is 59.9 Å². The number of esters is 2. The molecule has 0 aromatic heterocycles. The first-order valence-electron chi connectivity index (χ1n) is 22.3. The second kappa shape index (κ2) is 40.9. The lowest BCUT2D eigenvalue weighted by Gasteiger charge is -2.20. The fourth-order valence-electron chi connectivity index (χ4n) is 5.69. The Morgan fingerprint density at radius 2 is 0.914 bits per heavy atom. The summed E-state index contributed by atoms with van der Waals surface area (Å²) in [4.78, 5) is 46.0. The molecular formula is C46H80NO10P. The van der Waals surface area contributed by atoms with E-state index in [1.165, 1.54) is 83.5 Å². The highest BCUT2D eigenvalue weighted by Gasteiger charge is 2.28. The van der Waals surface area contributed by atoms with Gasteiger partial charge in [0.1, 0.15) is 12.6 Å². The van der Waals surface area contributed by atoms with Crippen molar-refractivity contribution in [1.82, 2.24) is 0 Å². The molecule has 334 valence electrons. The first-order chi connectivity index (χ1) is 28.1. The number of unbranched alkanes of at least 4 members (excludes halogenated alkanes) is 17. The third-order valence-electron chi connectivity index (χ3n) is 9.24. The van der Waals surface area contributed by atoms with Crippen molar-refractivity contribution in [2.45, 2.75) is 193 Å². The van der Waals surface area contributed by atoms with Crippen molar-refractivity contribution in [2.24, 2.45) is 5.73 Å². The third-order valence-corrected chi connectivity index (χ3v) is 10.2. The molecule has 12 heteroatoms. The van der Waals surface area contributed by atoms with Gasteiger partial charge in [-0.15, -0.1) is 0 Å². The van der Waals surface area contributed by atoms with E-state index in [9.17, 15) is 23.8 Å². The molecule has 0 aliphatic rings. The number of carbonyl (C=O) groups is 3. The van der Waals surface area contributed by atoms with Crippen LogP contribution in [0, 0.1) is 0 Å². The molecule has 0 saturated heterocycles. The Hall–Kier alpha value is -2.82. The first-order valence-corrected chi connectivity index (χ1v) is 23.8. The van der Waals surface area contributed by atoms with Crippen molar-refractivity contribution < 1.29 is 47.5 Å². The summed E-state index contributed by atoms with van der Waals surface area (Å²) >= 11 is 0. The molecule has 0 aliphatic heterocycles. The second-order valence-electron chi connectivity index (χ2n) is 14.8. The fourth-order valence-corrected chi connectivity index (χ4v) is 6.47. The number of carbonyl (C=O) groups excluding carboxylic acids is 2. The topological polar surface area (TPSA) is 172 Å². The molecule has 0 fully saturated rings. The zero-order chi connectivity index (χ0) is 42.8. The third kappa shape index (κ3) is 40.0. The van der Waals surface area contributed by atoms with Gasteiger partial charge < -0.3 is 25.2 Å². The lowest BCUT2D eigenvalue weighted by atomic mass is 10.1. The number of hydrogen-bond donors (Lipinski definition) is 3. The molecule has 11 nitrogen and oxygen atoms in total. The van der Waals surface area contributed by atoms with E-state index >= 15 is 0 Å². The molecule has 0 heterocycles. The predicted octanol–water partition coefficient (Wildman–Crippen LogP) is 12.0. The zero-order valence-electron chi connectivity index (χ0n) is 36.1. The molecular weight excluding hydrogens is 757 g/mol. The number of phosphoric acid groups is 1. The molecule has 0 spiro atoms. The van der Waals surface area contributed by atoms with E-state index in [4.69, 9.17) is 24.8 Å². The Kier molecular flexibility index (Phi) is 38.9. The molecule has 0 aromatic rings. The van der Waals surface area contributed by atoms with Crippen molar-refractivity contribution in [3.05, 3.63) is 60.8 Å². The minimum atomic E-state index is -4.73. The van der Waals surface area contributed by atoms with Gasteiger partial charge in [0, 0.05) is 12.8 Å². The smallest absolute Gasteiger partial charge is 0.472 e. The summed E-state index contributed by atoms with van der Waals surface area (Å²) in [5, 5.41) is 8.89. The van der Waals surface area contributed by atoms with Gasteiger partial charge >= 0.3 is 25.7 Å². The van der Waals surface area contributed by atoms with Crippen LogP contribution in [0.15, 0.2) is 60.8 Å². The average molecular weight is 838 g/mol. The maximum absolute atomic E-state index is 12.6. The maximum Gasteiger partial charge on any atom is 0.472 e. The van der Waals surface area contributed by atoms with E-state index in [0.717, 1.165) is 57.8 Å². The highest BCUT2D eigenvalue weighted by Crippen LogP contribution is 2.43. The van der Waals surface area contributed by atoms with Crippen molar-refractivity contribution in [2.75, 3.05) is 19.8 Å². The van der Waals surface area contributed by atoms with Crippen LogP contribution in [0.2, 0.25) is 0 Å². The van der Waals surface area contributed by atoms with Crippen LogP contribution in [-0.2, 0) is 37.5 Å². The minimum Gasteiger partial charge on any atom is -0.480 e. The highest BCUT2D eigenvalue weighted by atomic mass is 31.2. The van der Waals surface area contributed by atoms with Crippen molar-refractivity contribution in [3.8, 4) is 0 Å². The molecule has 3 atom stereocenters. The number of aliphatic carboxylic acids is 1. The van der Waals surface area contributed by atoms with Gasteiger partial charge in [0.2, 0.25) is 0 Å². The molecule has 0 aliphatic carbocycles. The van der Waals surface area contributed by atoms with Crippen LogP contribution in [0.3, 0.4) is 0 Å². The van der Waals surface area contributed by atoms with Crippen LogP contribution in [0.5, 0.6) is 0 Å². The van der Waals surface area contributed by atoms with E-state index < -0.39 is 51.1 Å². The normalized spacial score (nSPS) is 14.3. The summed E-state index contributed by atoms with van der Waals surface area (Å²) in [6.45, 7) is 2.72. The second-order valence-corrected chi connectivity index (χ2v) is 16.3. The van der Waals surface area contributed by atoms with Crippen molar-refractivity contribution >= 4 is 25.7 Å². The quantitative estimate of drug-likeness (QED) is 0.0231. The molecule has 0 saturated carbocycles. The molecule has 0 bridgehead atoms. The number of rotatable bonds is 41. The number of nitrogens with two attached hydrogens (primary N) is 1. The van der Waals surface area contributed by atoms with Crippen LogP contribution >= 0.6 is 7.82 Å². The Labute approximate surface area is 351 Å². The van der Waals surface area contributed by atoms with E-state index in [-0.39, 0.29) is 19.4 Å². The van der Waals surface area contributed by atoms with Gasteiger partial charge in [0.05, 0.1) is 13.2 Å². The molecule has 0 amide bonds. The van der Waals surface area contributed by atoms with Crippen LogP contribution < -0.4 is 5.73 Å². The molecule has 58 heavy (non-hydrogen) atoms. The van der Waals surface area contributed by atoms with E-state index in [2.05, 4.69) is 79.1 Å². The highest BCUT2D eigenvalue weighted by molar-refractivity contribution is 7.47. The summed E-state index contributed by atoms with van der Waals surface area (Å²) < 4.78 is 32.7. The number of ether oxygens (including phenoxy) is 2. The molecule has 0 aromatic carbocycles. The maximum atomic E-state index is 12.6. The van der Waals surface area contributed by atoms with Gasteiger partial charge in [-0.05, 0) is 83.5 Å². The van der Waals surface area contributed by atoms with E-state index in [0.29, 0.717) is 12.8 Å². The number of carboxylic acids is 1. The Morgan fingerprint density at radius 1 is 0.534 bits per heavy atom. The molecule has 0 radical (unpaired) electrons. The largest absolute Gasteiger partial charge is 0.480 e. The SMILES string of the molecule is CCCCC/C=C/C/C=C/C/C=C/C/C=C/CCCCCC(=O)O[C@H](COC(=O)CCCC/C=C/CCCCCCCCCCC)COP(=O)(O)OC[C@H](N)C(=O)O. The van der Waals surface area contributed by atoms with Gasteiger partial charge in [-0.1, -0.05) is 145 Å². The van der Waals surface area contributed by atoms with E-state index in [1.807, 2.05) is 0 Å². The minimum absolute atomic E-state index is 0.118. The van der Waals surface area contributed by atoms with Gasteiger partial charge in [0.15, 0.2) is 6.10 Å². The lowest BCUT2D eigenvalue weighted by molar-refractivity contribution is -0.161. The van der Waals surface area contributed by atoms with Gasteiger partial charge in [-0.3, -0.25) is 23.4 Å². The average Bonchev–Trinajstić information content (AvgIpc) is 3.20. The molecule has 4 N–H and O–H groups in total. The van der Waals surface area contributed by atoms with E-state index in [1.54, 1.807) is 0 Å². The standard InChI is InChI=1S/C46H80NO10P/c1-3-5-7-9-11-13-15-17-19-20-21-22-24-26-28-30-32-34-36-38-45(49)57-42(40-55-58(52,53)56-41-43(47)46(50)51)39-54-44(48)37-35-33-31-29-27-25-23-18-16-14-12-10-8-6-4-2/h11,13,17,19,21-22,26-29,42-43H,3-10,12,14-16,18,20,23-25,30-41,47H2,1-2H3,(H,50,51)(H,52,53)/b13-11+,19-17+,22-21+,28-26+,29-27+/t42-,43+/m1/s1. The molecule has 1 unspecified atom stereocenters. The summed E-state index contributed by atoms with van der Waals surface area (Å²) in [5.74, 6) is -2.45. The van der Waals surface area contributed by atoms with Crippen molar-refractivity contribution in [3.63, 3.8) is 0 Å². The zero-order valence-corrected chi connectivity index (χ0v) is 37.0. The summed E-state index contributed by atoms with van der Waals surface area (Å²) in [5.41, 5.74) is 5.33. The summed E-state index contributed by atoms with van der Waals surface area (Å²) in [6.07, 6.45) is 47.1. The number of carboxylic acid groups (broad SMARTS) is 1. The lowest BCUT2D eigenvalue weighted by Crippen LogP contribution is -2.34. The van der Waals surface area contributed by atoms with Gasteiger partial charge in [-0.25, -0.2) is 4.57 Å². The summed E-state index contributed by atoms with van der Waals surface area (Å²) in [7, 11) is -4.73. The molecule has 0 rings (SSSR count). The number of hydrogen-bond acceptors (Lipinski definition) is 9. The van der Waals surface area contributed by atoms with Crippen LogP contribution in [0.4, 0.5) is 0 Å². The number of phosphoric ester groups is 1. The Bertz CT molecular complexity index is 1210. The summed E-state index contributed by atoms with van der Waals surface area (Å²) in [6, 6.07) is -1.53. The van der Waals surface area contributed by atoms with Crippen LogP contribution in [0.1, 0.15) is 181 Å². The Balaban J connectivity index is 4.46. The predicted molar refractivity (Wildman–Crippen MR) is 235 cm³/mol. The van der Waals surface area contributed by atoms with Gasteiger partial charge in [0.25, 0.3) is 0 Å². The van der Waals surface area contributed by atoms with Crippen molar-refractivity contribution in [1.29, 1.82) is 0 Å². The van der Waals surface area contributed by atoms with Gasteiger partial charge in [-0.2, -0.15) is 0 Å². The Morgan fingerprint density at radius 3 is 1.45 bits per heavy atom. The monoisotopic (exact) mass is 838 g/mol.